The van der Waals surface area contributed by atoms with Gasteiger partial charge in [-0.2, -0.15) is 0 Å². The molecule has 0 radical (unpaired) electrons. The number of carbonyl (C=O) groups excluding carboxylic acids is 2. The van der Waals surface area contributed by atoms with Crippen LogP contribution in [-0.2, 0) is 19.1 Å². The van der Waals surface area contributed by atoms with Crippen molar-refractivity contribution in [2.24, 2.45) is 11.8 Å². The minimum absolute atomic E-state index is 0.0848. The number of esters is 2. The molecule has 2 aliphatic heterocycles. The fourth-order valence-corrected chi connectivity index (χ4v) is 5.63. The summed E-state index contributed by atoms with van der Waals surface area (Å²) in [7, 11) is 2.66. The molecule has 6 nitrogen and oxygen atoms in total. The summed E-state index contributed by atoms with van der Waals surface area (Å²) in [5.74, 6) is -1.93. The predicted molar refractivity (Wildman–Crippen MR) is 109 cm³/mol. The molecule has 2 aromatic rings. The third-order valence-corrected chi connectivity index (χ3v) is 7.11. The molecule has 1 aromatic carbocycles. The molecule has 1 saturated heterocycles. The number of para-hydroxylation sites is 1. The zero-order chi connectivity index (χ0) is 19.8. The highest BCUT2D eigenvalue weighted by Gasteiger charge is 2.44. The Hall–Kier alpha value is -1.99. The van der Waals surface area contributed by atoms with Gasteiger partial charge in [0.05, 0.1) is 25.6 Å². The maximum Gasteiger partial charge on any atom is 0.320 e. The second kappa shape index (κ2) is 7.79. The van der Waals surface area contributed by atoms with E-state index < -0.39 is 17.9 Å². The van der Waals surface area contributed by atoms with Crippen molar-refractivity contribution in [1.82, 2.24) is 9.47 Å². The average molecular weight is 403 g/mol. The van der Waals surface area contributed by atoms with Crippen LogP contribution in [0.5, 0.6) is 0 Å². The number of rotatable bonds is 4. The van der Waals surface area contributed by atoms with Crippen LogP contribution >= 0.6 is 11.8 Å². The van der Waals surface area contributed by atoms with Gasteiger partial charge in [-0.1, -0.05) is 18.2 Å². The molecule has 150 valence electrons. The van der Waals surface area contributed by atoms with Gasteiger partial charge in [0.1, 0.15) is 0 Å². The van der Waals surface area contributed by atoms with Crippen LogP contribution in [0.25, 0.3) is 10.9 Å². The summed E-state index contributed by atoms with van der Waals surface area (Å²) in [6.45, 7) is 1.82. The number of nitrogens with zero attached hydrogens (tertiary/aromatic N) is 2. The number of fused-ring (bicyclic) bond motifs is 5. The van der Waals surface area contributed by atoms with Crippen LogP contribution in [0.1, 0.15) is 30.0 Å². The average Bonchev–Trinajstić information content (AvgIpc) is 3.13. The molecule has 0 bridgehead atoms. The Morgan fingerprint density at radius 3 is 2.57 bits per heavy atom. The number of aromatic nitrogens is 1. The lowest BCUT2D eigenvalue weighted by atomic mass is 9.79. The number of hydrogen-bond acceptors (Lipinski definition) is 6. The Balaban J connectivity index is 1.71. The van der Waals surface area contributed by atoms with Crippen LogP contribution in [0.3, 0.4) is 0 Å². The van der Waals surface area contributed by atoms with Crippen molar-refractivity contribution >= 4 is 34.6 Å². The second-order valence-corrected chi connectivity index (χ2v) is 8.52. The monoisotopic (exact) mass is 402 g/mol. The van der Waals surface area contributed by atoms with E-state index in [0.717, 1.165) is 25.9 Å². The first-order valence-electron chi connectivity index (χ1n) is 9.61. The van der Waals surface area contributed by atoms with Gasteiger partial charge in [-0.15, -0.1) is 11.8 Å². The Labute approximate surface area is 169 Å². The molecule has 28 heavy (non-hydrogen) atoms. The molecule has 2 aliphatic rings. The maximum atomic E-state index is 12.3. The number of methoxy groups -OCH3 is 2. The molecule has 0 N–H and O–H groups in total. The summed E-state index contributed by atoms with van der Waals surface area (Å²) in [4.78, 5) is 27.1. The van der Waals surface area contributed by atoms with E-state index in [9.17, 15) is 9.59 Å². The van der Waals surface area contributed by atoms with Crippen LogP contribution in [-0.4, -0.2) is 55.0 Å². The van der Waals surface area contributed by atoms with Crippen LogP contribution in [0.4, 0.5) is 0 Å². The van der Waals surface area contributed by atoms with Gasteiger partial charge in [0, 0.05) is 17.8 Å². The molecule has 4 rings (SSSR count). The number of carbonyl (C=O) groups is 2. The van der Waals surface area contributed by atoms with Crippen molar-refractivity contribution in [3.63, 3.8) is 0 Å². The molecule has 3 atom stereocenters. The topological polar surface area (TPSA) is 60.8 Å². The second-order valence-electron chi connectivity index (χ2n) is 7.51. The Kier molecular flexibility index (Phi) is 5.38. The van der Waals surface area contributed by atoms with E-state index in [1.54, 1.807) is 0 Å². The van der Waals surface area contributed by atoms with Crippen molar-refractivity contribution in [1.29, 1.82) is 0 Å². The van der Waals surface area contributed by atoms with Crippen LogP contribution in [0.15, 0.2) is 30.3 Å². The molecule has 7 heteroatoms. The van der Waals surface area contributed by atoms with Crippen molar-refractivity contribution in [3.05, 3.63) is 36.0 Å². The van der Waals surface area contributed by atoms with Gasteiger partial charge >= 0.3 is 11.9 Å². The first kappa shape index (κ1) is 19.3. The SMILES string of the molecule is COC(=O)C(C(=O)OC)[C@@H]1CCN2C[C@H](SC)n3c(cc4ccccc43)[C@@H]2C1. The maximum absolute atomic E-state index is 12.3. The van der Waals surface area contributed by atoms with E-state index in [0.29, 0.717) is 5.37 Å². The lowest BCUT2D eigenvalue weighted by Crippen LogP contribution is -2.47. The molecule has 1 aromatic heterocycles. The van der Waals surface area contributed by atoms with E-state index in [1.807, 2.05) is 11.8 Å². The number of ether oxygens (including phenoxy) is 2. The quantitative estimate of drug-likeness (QED) is 0.578. The molecular weight excluding hydrogens is 376 g/mol. The summed E-state index contributed by atoms with van der Waals surface area (Å²) in [6, 6.07) is 10.9. The van der Waals surface area contributed by atoms with E-state index in [-0.39, 0.29) is 12.0 Å². The summed E-state index contributed by atoms with van der Waals surface area (Å²) >= 11 is 1.86. The molecule has 0 amide bonds. The van der Waals surface area contributed by atoms with Gasteiger partial charge in [-0.05, 0) is 49.1 Å². The standard InChI is InChI=1S/C21H26N2O4S/c1-26-20(24)19(21(25)27-2)14-8-9-22-12-18(28-3)23-15-7-5-4-6-13(15)10-17(23)16(22)11-14/h4-7,10,14,16,18-19H,8-9,11-12H2,1-3H3/t14-,16+,18+/m1/s1. The lowest BCUT2D eigenvalue weighted by molar-refractivity contribution is -0.163. The number of thioether (sulfide) groups is 1. The largest absolute Gasteiger partial charge is 0.468 e. The fourth-order valence-electron chi connectivity index (χ4n) is 4.84. The van der Waals surface area contributed by atoms with Crippen molar-refractivity contribution in [3.8, 4) is 0 Å². The molecular formula is C21H26N2O4S. The first-order valence-corrected chi connectivity index (χ1v) is 10.9. The first-order chi connectivity index (χ1) is 13.6. The zero-order valence-corrected chi connectivity index (χ0v) is 17.3. The minimum Gasteiger partial charge on any atom is -0.468 e. The minimum atomic E-state index is -0.853. The van der Waals surface area contributed by atoms with Gasteiger partial charge in [-0.3, -0.25) is 14.5 Å². The van der Waals surface area contributed by atoms with Crippen LogP contribution < -0.4 is 0 Å². The van der Waals surface area contributed by atoms with Gasteiger partial charge < -0.3 is 14.0 Å². The van der Waals surface area contributed by atoms with E-state index in [2.05, 4.69) is 46.1 Å². The van der Waals surface area contributed by atoms with Crippen LogP contribution in [0, 0.1) is 11.8 Å². The fraction of sp³-hybridized carbons (Fsp3) is 0.524. The zero-order valence-electron chi connectivity index (χ0n) is 16.5. The summed E-state index contributed by atoms with van der Waals surface area (Å²) in [6.07, 6.45) is 3.68. The smallest absolute Gasteiger partial charge is 0.320 e. The Morgan fingerprint density at radius 2 is 1.89 bits per heavy atom. The van der Waals surface area contributed by atoms with Gasteiger partial charge in [-0.25, -0.2) is 0 Å². The van der Waals surface area contributed by atoms with E-state index in [4.69, 9.17) is 9.47 Å². The van der Waals surface area contributed by atoms with Crippen molar-refractivity contribution in [2.45, 2.75) is 24.3 Å². The highest BCUT2D eigenvalue weighted by Crippen LogP contribution is 2.46. The molecule has 0 saturated carbocycles. The number of benzene rings is 1. The lowest BCUT2D eigenvalue weighted by Gasteiger charge is -2.46. The third kappa shape index (κ3) is 3.10. The highest BCUT2D eigenvalue weighted by atomic mass is 32.2. The van der Waals surface area contributed by atoms with Gasteiger partial charge in [0.2, 0.25) is 0 Å². The van der Waals surface area contributed by atoms with Gasteiger partial charge in [0.15, 0.2) is 5.92 Å². The normalized spacial score (nSPS) is 24.6. The summed E-state index contributed by atoms with van der Waals surface area (Å²) in [5.41, 5.74) is 2.51. The van der Waals surface area contributed by atoms with E-state index >= 15 is 0 Å². The molecule has 1 fully saturated rings. The Bertz CT molecular complexity index is 880. The third-order valence-electron chi connectivity index (χ3n) is 6.21. The number of hydrogen-bond donors (Lipinski definition) is 0. The van der Waals surface area contributed by atoms with E-state index in [1.165, 1.54) is 30.8 Å². The summed E-state index contributed by atoms with van der Waals surface area (Å²) < 4.78 is 12.3. The molecule has 0 unspecified atom stereocenters. The van der Waals surface area contributed by atoms with Crippen molar-refractivity contribution in [2.75, 3.05) is 33.6 Å². The Morgan fingerprint density at radius 1 is 1.18 bits per heavy atom. The molecule has 3 heterocycles. The highest BCUT2D eigenvalue weighted by molar-refractivity contribution is 7.98. The predicted octanol–water partition coefficient (Wildman–Crippen LogP) is 3.23. The van der Waals surface area contributed by atoms with Gasteiger partial charge in [0.25, 0.3) is 0 Å². The summed E-state index contributed by atoms with van der Waals surface area (Å²) in [5, 5.41) is 1.60. The molecule has 0 spiro atoms. The van der Waals surface area contributed by atoms with Crippen molar-refractivity contribution < 1.29 is 19.1 Å². The number of piperidine rings is 1. The molecule has 0 aliphatic carbocycles. The van der Waals surface area contributed by atoms with Crippen LogP contribution in [0.2, 0.25) is 0 Å².